The lowest BCUT2D eigenvalue weighted by molar-refractivity contribution is -0.180. The van der Waals surface area contributed by atoms with Gasteiger partial charge in [-0.3, -0.25) is 4.79 Å². The molecule has 0 fully saturated rings. The summed E-state index contributed by atoms with van der Waals surface area (Å²) in [5, 5.41) is 4.95. The van der Waals surface area contributed by atoms with E-state index in [4.69, 9.17) is 0 Å². The largest absolute Gasteiger partial charge is 0.464 e. The molecule has 0 spiro atoms. The van der Waals surface area contributed by atoms with E-state index in [1.165, 1.54) is 6.92 Å². The number of alkyl halides is 3. The van der Waals surface area contributed by atoms with Gasteiger partial charge in [-0.25, -0.2) is 4.79 Å². The summed E-state index contributed by atoms with van der Waals surface area (Å²) in [6, 6.07) is -1.58. The summed E-state index contributed by atoms with van der Waals surface area (Å²) in [5.41, 5.74) is -0.187. The first-order chi connectivity index (χ1) is 9.36. The highest BCUT2D eigenvalue weighted by atomic mass is 19.4. The quantitative estimate of drug-likeness (QED) is 0.741. The highest BCUT2D eigenvalue weighted by Crippen LogP contribution is 2.41. The third kappa shape index (κ3) is 2.59. The molecule has 2 aliphatic rings. The van der Waals surface area contributed by atoms with E-state index in [1.807, 2.05) is 0 Å². The zero-order chi connectivity index (χ0) is 14.9. The number of esters is 1. The maximum Gasteiger partial charge on any atom is 0.398 e. The predicted molar refractivity (Wildman–Crippen MR) is 62.4 cm³/mol. The minimum atomic E-state index is -4.69. The number of hydrogen-bond donors (Lipinski definition) is 2. The van der Waals surface area contributed by atoms with Crippen LogP contribution in [0.3, 0.4) is 0 Å². The Balaban J connectivity index is 2.37. The van der Waals surface area contributed by atoms with Crippen molar-refractivity contribution in [2.75, 3.05) is 13.2 Å². The van der Waals surface area contributed by atoms with Crippen LogP contribution in [0.25, 0.3) is 0 Å². The minimum Gasteiger partial charge on any atom is -0.464 e. The second-order valence-electron chi connectivity index (χ2n) is 4.65. The third-order valence-corrected chi connectivity index (χ3v) is 3.33. The number of rotatable bonds is 2. The lowest BCUT2D eigenvalue weighted by atomic mass is 9.92. The molecule has 0 aliphatic carbocycles. The zero-order valence-corrected chi connectivity index (χ0v) is 10.8. The van der Waals surface area contributed by atoms with Crippen molar-refractivity contribution >= 4 is 11.9 Å². The van der Waals surface area contributed by atoms with Crippen LogP contribution in [0.15, 0.2) is 11.3 Å². The number of allylic oxidation sites excluding steroid dienone is 1. The molecule has 20 heavy (non-hydrogen) atoms. The Morgan fingerprint density at radius 3 is 2.75 bits per heavy atom. The van der Waals surface area contributed by atoms with Gasteiger partial charge in [-0.15, -0.1) is 0 Å². The van der Waals surface area contributed by atoms with Crippen molar-refractivity contribution in [3.8, 4) is 0 Å². The Kier molecular flexibility index (Phi) is 3.92. The summed E-state index contributed by atoms with van der Waals surface area (Å²) in [7, 11) is 0. The second kappa shape index (κ2) is 5.34. The SMILES string of the molecule is CCOC(=O)C1NC2=C(C(=O)NCCC2)C1C(F)(F)F. The van der Waals surface area contributed by atoms with Crippen molar-refractivity contribution in [2.45, 2.75) is 32.0 Å². The molecule has 0 aromatic rings. The van der Waals surface area contributed by atoms with Gasteiger partial charge in [0.05, 0.1) is 12.2 Å². The van der Waals surface area contributed by atoms with Crippen molar-refractivity contribution in [3.63, 3.8) is 0 Å². The average Bonchev–Trinajstić information content (AvgIpc) is 2.66. The lowest BCUT2D eigenvalue weighted by Crippen LogP contribution is -2.46. The van der Waals surface area contributed by atoms with Gasteiger partial charge >= 0.3 is 12.1 Å². The number of halogens is 3. The van der Waals surface area contributed by atoms with Crippen molar-refractivity contribution in [3.05, 3.63) is 11.3 Å². The summed E-state index contributed by atoms with van der Waals surface area (Å²) in [5.74, 6) is -3.91. The third-order valence-electron chi connectivity index (χ3n) is 3.33. The van der Waals surface area contributed by atoms with Gasteiger partial charge < -0.3 is 15.4 Å². The van der Waals surface area contributed by atoms with Crippen LogP contribution in [0, 0.1) is 5.92 Å². The molecule has 2 rings (SSSR count). The molecule has 2 N–H and O–H groups in total. The van der Waals surface area contributed by atoms with Crippen molar-refractivity contribution in [1.29, 1.82) is 0 Å². The summed E-state index contributed by atoms with van der Waals surface area (Å²) in [4.78, 5) is 23.5. The van der Waals surface area contributed by atoms with Gasteiger partial charge in [-0.05, 0) is 19.8 Å². The molecule has 2 atom stereocenters. The second-order valence-corrected chi connectivity index (χ2v) is 4.65. The molecule has 112 valence electrons. The first-order valence-electron chi connectivity index (χ1n) is 6.37. The Morgan fingerprint density at radius 1 is 1.45 bits per heavy atom. The van der Waals surface area contributed by atoms with Crippen molar-refractivity contribution < 1.29 is 27.5 Å². The first-order valence-corrected chi connectivity index (χ1v) is 6.37. The molecule has 0 bridgehead atoms. The van der Waals surface area contributed by atoms with E-state index >= 15 is 0 Å². The minimum absolute atomic E-state index is 0.0154. The molecular weight excluding hydrogens is 277 g/mol. The van der Waals surface area contributed by atoms with Crippen LogP contribution in [0.5, 0.6) is 0 Å². The standard InChI is InChI=1S/C12H15F3N2O3/c1-2-20-11(19)9-8(12(13,14)15)7-6(17-9)4-3-5-16-10(7)18/h8-9,17H,2-5H2,1H3,(H,16,18). The number of nitrogens with one attached hydrogen (secondary N) is 2. The van der Waals surface area contributed by atoms with Crippen LogP contribution in [-0.2, 0) is 14.3 Å². The molecular formula is C12H15F3N2O3. The van der Waals surface area contributed by atoms with E-state index in [-0.39, 0.29) is 17.9 Å². The van der Waals surface area contributed by atoms with Crippen LogP contribution in [0.4, 0.5) is 13.2 Å². The van der Waals surface area contributed by atoms with E-state index in [1.54, 1.807) is 0 Å². The number of ether oxygens (including phenoxy) is 1. The summed E-state index contributed by atoms with van der Waals surface area (Å²) in [6.07, 6.45) is -3.86. The van der Waals surface area contributed by atoms with Crippen LogP contribution in [0.2, 0.25) is 0 Å². The molecule has 0 aromatic heterocycles. The highest BCUT2D eigenvalue weighted by molar-refractivity contribution is 5.97. The van der Waals surface area contributed by atoms with Gasteiger partial charge in [-0.2, -0.15) is 13.2 Å². The maximum atomic E-state index is 13.2. The summed E-state index contributed by atoms with van der Waals surface area (Å²) >= 11 is 0. The molecule has 0 saturated heterocycles. The lowest BCUT2D eigenvalue weighted by Gasteiger charge is -2.23. The van der Waals surface area contributed by atoms with Gasteiger partial charge in [0.25, 0.3) is 0 Å². The topological polar surface area (TPSA) is 67.4 Å². The van der Waals surface area contributed by atoms with Crippen molar-refractivity contribution in [2.24, 2.45) is 5.92 Å². The Morgan fingerprint density at radius 2 is 2.15 bits per heavy atom. The van der Waals surface area contributed by atoms with E-state index in [0.717, 1.165) is 0 Å². The van der Waals surface area contributed by atoms with Gasteiger partial charge in [0, 0.05) is 12.2 Å². The number of hydrogen-bond acceptors (Lipinski definition) is 4. The molecule has 0 aromatic carbocycles. The fraction of sp³-hybridized carbons (Fsp3) is 0.667. The Labute approximate surface area is 113 Å². The zero-order valence-electron chi connectivity index (χ0n) is 10.8. The molecule has 2 aliphatic heterocycles. The summed E-state index contributed by atoms with van der Waals surface area (Å²) in [6.45, 7) is 1.82. The maximum absolute atomic E-state index is 13.2. The van der Waals surface area contributed by atoms with Crippen LogP contribution < -0.4 is 10.6 Å². The van der Waals surface area contributed by atoms with Gasteiger partial charge in [-0.1, -0.05) is 0 Å². The molecule has 1 amide bonds. The van der Waals surface area contributed by atoms with E-state index in [2.05, 4.69) is 15.4 Å². The monoisotopic (exact) mass is 292 g/mol. The van der Waals surface area contributed by atoms with Gasteiger partial charge in [0.1, 0.15) is 12.0 Å². The molecule has 2 heterocycles. The number of amides is 1. The van der Waals surface area contributed by atoms with E-state index < -0.39 is 30.0 Å². The highest BCUT2D eigenvalue weighted by Gasteiger charge is 2.56. The normalized spacial score (nSPS) is 26.5. The first kappa shape index (κ1) is 14.7. The average molecular weight is 292 g/mol. The fourth-order valence-electron chi connectivity index (χ4n) is 2.53. The van der Waals surface area contributed by atoms with Gasteiger partial charge in [0.15, 0.2) is 0 Å². The van der Waals surface area contributed by atoms with E-state index in [0.29, 0.717) is 19.4 Å². The Hall–Kier alpha value is -1.73. The van der Waals surface area contributed by atoms with Crippen molar-refractivity contribution in [1.82, 2.24) is 10.6 Å². The summed E-state index contributed by atoms with van der Waals surface area (Å²) < 4.78 is 44.3. The smallest absolute Gasteiger partial charge is 0.398 e. The number of carbonyl (C=O) groups excluding carboxylic acids is 2. The molecule has 0 saturated carbocycles. The fourth-order valence-corrected chi connectivity index (χ4v) is 2.53. The van der Waals surface area contributed by atoms with Crippen LogP contribution in [0.1, 0.15) is 19.8 Å². The molecule has 2 unspecified atom stereocenters. The molecule has 5 nitrogen and oxygen atoms in total. The molecule has 0 radical (unpaired) electrons. The van der Waals surface area contributed by atoms with Gasteiger partial charge in [0.2, 0.25) is 5.91 Å². The number of carbonyl (C=O) groups is 2. The Bertz CT molecular complexity index is 459. The van der Waals surface area contributed by atoms with Crippen LogP contribution >= 0.6 is 0 Å². The van der Waals surface area contributed by atoms with Crippen LogP contribution in [-0.4, -0.2) is 37.2 Å². The predicted octanol–water partition coefficient (Wildman–Crippen LogP) is 0.864. The van der Waals surface area contributed by atoms with E-state index in [9.17, 15) is 22.8 Å². The molecule has 8 heteroatoms.